The van der Waals surface area contributed by atoms with Gasteiger partial charge in [0.15, 0.2) is 5.84 Å². The topological polar surface area (TPSA) is 90.9 Å². The number of nitrogens with zero attached hydrogens (tertiary/aromatic N) is 1. The van der Waals surface area contributed by atoms with Crippen LogP contribution in [0.3, 0.4) is 0 Å². The zero-order valence-electron chi connectivity index (χ0n) is 11.2. The van der Waals surface area contributed by atoms with Crippen molar-refractivity contribution in [2.45, 2.75) is 32.4 Å². The van der Waals surface area contributed by atoms with Gasteiger partial charge in [0, 0.05) is 17.6 Å². The summed E-state index contributed by atoms with van der Waals surface area (Å²) in [6, 6.07) is 4.69. The summed E-state index contributed by atoms with van der Waals surface area (Å²) in [6.07, 6.45) is 0.713. The summed E-state index contributed by atoms with van der Waals surface area (Å²) in [6.45, 7) is 4.01. The Bertz CT molecular complexity index is 459. The lowest BCUT2D eigenvalue weighted by Gasteiger charge is -2.27. The van der Waals surface area contributed by atoms with Crippen LogP contribution in [0, 0.1) is 5.82 Å². The van der Waals surface area contributed by atoms with E-state index in [9.17, 15) is 9.50 Å². The fourth-order valence-corrected chi connectivity index (χ4v) is 1.57. The summed E-state index contributed by atoms with van der Waals surface area (Å²) in [7, 11) is 0. The van der Waals surface area contributed by atoms with Gasteiger partial charge in [0.2, 0.25) is 0 Å². The molecule has 1 aromatic carbocycles. The van der Waals surface area contributed by atoms with Gasteiger partial charge < -0.3 is 21.4 Å². The standard InChI is InChI=1S/C13H20FN3O2/c1-3-13(2,8-18)16-7-9-5-4-6-10(11(9)14)12(15)17-19/h4-6,16,18-19H,3,7-8H2,1-2H3,(H2,15,17). The van der Waals surface area contributed by atoms with Gasteiger partial charge in [-0.05, 0) is 19.4 Å². The van der Waals surface area contributed by atoms with E-state index in [1.165, 1.54) is 6.07 Å². The molecule has 0 saturated heterocycles. The maximum Gasteiger partial charge on any atom is 0.173 e. The second kappa shape index (κ2) is 6.49. The number of rotatable bonds is 6. The predicted octanol–water partition coefficient (Wildman–Crippen LogP) is 1.17. The molecule has 5 nitrogen and oxygen atoms in total. The fourth-order valence-electron chi connectivity index (χ4n) is 1.57. The van der Waals surface area contributed by atoms with E-state index in [1.807, 2.05) is 13.8 Å². The number of benzene rings is 1. The van der Waals surface area contributed by atoms with E-state index >= 15 is 0 Å². The molecule has 0 bridgehead atoms. The predicted molar refractivity (Wildman–Crippen MR) is 71.5 cm³/mol. The van der Waals surface area contributed by atoms with Gasteiger partial charge in [-0.3, -0.25) is 0 Å². The van der Waals surface area contributed by atoms with Crippen molar-refractivity contribution in [3.8, 4) is 0 Å². The van der Waals surface area contributed by atoms with E-state index in [0.29, 0.717) is 12.0 Å². The van der Waals surface area contributed by atoms with Gasteiger partial charge in [-0.15, -0.1) is 0 Å². The third-order valence-electron chi connectivity index (χ3n) is 3.30. The number of hydrogen-bond acceptors (Lipinski definition) is 4. The van der Waals surface area contributed by atoms with Crippen LogP contribution in [0.15, 0.2) is 23.4 Å². The molecule has 0 heterocycles. The first-order chi connectivity index (χ1) is 8.97. The van der Waals surface area contributed by atoms with Crippen LogP contribution in [0.4, 0.5) is 4.39 Å². The SMILES string of the molecule is CCC(C)(CO)NCc1cccc(/C(N)=N/O)c1F. The molecule has 1 atom stereocenters. The molecule has 1 aromatic rings. The molecular weight excluding hydrogens is 249 g/mol. The van der Waals surface area contributed by atoms with Crippen LogP contribution in [0.5, 0.6) is 0 Å². The van der Waals surface area contributed by atoms with E-state index in [1.54, 1.807) is 12.1 Å². The summed E-state index contributed by atoms with van der Waals surface area (Å²) in [5.41, 5.74) is 5.40. The van der Waals surface area contributed by atoms with Crippen LogP contribution in [-0.2, 0) is 6.54 Å². The van der Waals surface area contributed by atoms with Crippen molar-refractivity contribution in [1.29, 1.82) is 0 Å². The number of amidine groups is 1. The summed E-state index contributed by atoms with van der Waals surface area (Å²) in [5.74, 6) is -0.790. The smallest absolute Gasteiger partial charge is 0.173 e. The van der Waals surface area contributed by atoms with Crippen LogP contribution in [0.1, 0.15) is 31.4 Å². The van der Waals surface area contributed by atoms with Crippen molar-refractivity contribution >= 4 is 5.84 Å². The van der Waals surface area contributed by atoms with Gasteiger partial charge in [-0.1, -0.05) is 24.2 Å². The third-order valence-corrected chi connectivity index (χ3v) is 3.30. The minimum Gasteiger partial charge on any atom is -0.409 e. The van der Waals surface area contributed by atoms with Crippen molar-refractivity contribution in [3.63, 3.8) is 0 Å². The second-order valence-electron chi connectivity index (χ2n) is 4.69. The van der Waals surface area contributed by atoms with E-state index in [4.69, 9.17) is 10.9 Å². The highest BCUT2D eigenvalue weighted by molar-refractivity contribution is 5.97. The number of aliphatic hydroxyl groups is 1. The molecule has 0 radical (unpaired) electrons. The molecule has 0 aliphatic rings. The van der Waals surface area contributed by atoms with E-state index in [-0.39, 0.29) is 24.6 Å². The zero-order chi connectivity index (χ0) is 14.5. The average molecular weight is 269 g/mol. The van der Waals surface area contributed by atoms with Crippen LogP contribution in [0.25, 0.3) is 0 Å². The summed E-state index contributed by atoms with van der Waals surface area (Å²) in [4.78, 5) is 0. The highest BCUT2D eigenvalue weighted by Gasteiger charge is 2.21. The number of oxime groups is 1. The average Bonchev–Trinajstić information content (AvgIpc) is 2.45. The molecule has 6 heteroatoms. The van der Waals surface area contributed by atoms with Gasteiger partial charge in [0.05, 0.1) is 12.2 Å². The number of nitrogens with two attached hydrogens (primary N) is 1. The highest BCUT2D eigenvalue weighted by atomic mass is 19.1. The third kappa shape index (κ3) is 3.65. The van der Waals surface area contributed by atoms with Gasteiger partial charge in [0.1, 0.15) is 5.82 Å². The maximum atomic E-state index is 14.1. The van der Waals surface area contributed by atoms with Gasteiger partial charge >= 0.3 is 0 Å². The Morgan fingerprint density at radius 2 is 2.21 bits per heavy atom. The van der Waals surface area contributed by atoms with Crippen LogP contribution >= 0.6 is 0 Å². The molecule has 19 heavy (non-hydrogen) atoms. The fraction of sp³-hybridized carbons (Fsp3) is 0.462. The maximum absolute atomic E-state index is 14.1. The van der Waals surface area contributed by atoms with Crippen molar-refractivity contribution in [2.24, 2.45) is 10.9 Å². The number of aliphatic hydroxyl groups excluding tert-OH is 1. The molecule has 0 amide bonds. The Kier molecular flexibility index (Phi) is 5.26. The van der Waals surface area contributed by atoms with E-state index < -0.39 is 11.4 Å². The summed E-state index contributed by atoms with van der Waals surface area (Å²) in [5, 5.41) is 23.8. The van der Waals surface area contributed by atoms with Crippen LogP contribution < -0.4 is 11.1 Å². The normalized spacial score (nSPS) is 15.3. The molecular formula is C13H20FN3O2. The monoisotopic (exact) mass is 269 g/mol. The first kappa shape index (κ1) is 15.4. The van der Waals surface area contributed by atoms with E-state index in [2.05, 4.69) is 10.5 Å². The van der Waals surface area contributed by atoms with Gasteiger partial charge in [0.25, 0.3) is 0 Å². The lowest BCUT2D eigenvalue weighted by molar-refractivity contribution is 0.168. The Labute approximate surface area is 111 Å². The first-order valence-corrected chi connectivity index (χ1v) is 6.08. The largest absolute Gasteiger partial charge is 0.409 e. The lowest BCUT2D eigenvalue weighted by atomic mass is 9.99. The Morgan fingerprint density at radius 3 is 2.74 bits per heavy atom. The summed E-state index contributed by atoms with van der Waals surface area (Å²) < 4.78 is 14.1. The van der Waals surface area contributed by atoms with Crippen LogP contribution in [0.2, 0.25) is 0 Å². The van der Waals surface area contributed by atoms with Crippen molar-refractivity contribution in [2.75, 3.05) is 6.61 Å². The zero-order valence-corrected chi connectivity index (χ0v) is 11.2. The highest BCUT2D eigenvalue weighted by Crippen LogP contribution is 2.15. The quantitative estimate of drug-likeness (QED) is 0.270. The van der Waals surface area contributed by atoms with Crippen molar-refractivity contribution < 1.29 is 14.7 Å². The van der Waals surface area contributed by atoms with Gasteiger partial charge in [-0.25, -0.2) is 4.39 Å². The molecule has 0 spiro atoms. The minimum atomic E-state index is -0.526. The summed E-state index contributed by atoms with van der Waals surface area (Å²) >= 11 is 0. The molecule has 0 aliphatic carbocycles. The molecule has 106 valence electrons. The molecule has 0 saturated carbocycles. The second-order valence-corrected chi connectivity index (χ2v) is 4.69. The first-order valence-electron chi connectivity index (χ1n) is 6.08. The molecule has 0 aromatic heterocycles. The molecule has 1 unspecified atom stereocenters. The Hall–Kier alpha value is -1.66. The Balaban J connectivity index is 2.92. The number of hydrogen-bond donors (Lipinski definition) is 4. The minimum absolute atomic E-state index is 0.0367. The number of nitrogens with one attached hydrogen (secondary N) is 1. The Morgan fingerprint density at radius 1 is 1.53 bits per heavy atom. The molecule has 5 N–H and O–H groups in total. The van der Waals surface area contributed by atoms with E-state index in [0.717, 1.165) is 0 Å². The van der Waals surface area contributed by atoms with Gasteiger partial charge in [-0.2, -0.15) is 0 Å². The van der Waals surface area contributed by atoms with Crippen molar-refractivity contribution in [1.82, 2.24) is 5.32 Å². The van der Waals surface area contributed by atoms with Crippen molar-refractivity contribution in [3.05, 3.63) is 35.1 Å². The number of halogens is 1. The molecule has 0 fully saturated rings. The van der Waals surface area contributed by atoms with Crippen LogP contribution in [-0.4, -0.2) is 28.3 Å². The lowest BCUT2D eigenvalue weighted by Crippen LogP contribution is -2.44. The molecule has 0 aliphatic heterocycles. The molecule has 1 rings (SSSR count).